The van der Waals surface area contributed by atoms with E-state index in [1.54, 1.807) is 0 Å². The molecule has 0 radical (unpaired) electrons. The molecule has 0 saturated carbocycles. The van der Waals surface area contributed by atoms with Gasteiger partial charge in [0.05, 0.1) is 6.04 Å². The molecule has 3 aromatic rings. The summed E-state index contributed by atoms with van der Waals surface area (Å²) in [7, 11) is -1.96. The van der Waals surface area contributed by atoms with E-state index in [4.69, 9.17) is 4.43 Å². The van der Waals surface area contributed by atoms with Crippen LogP contribution in [-0.2, 0) is 0 Å². The van der Waals surface area contributed by atoms with Crippen LogP contribution in [0.25, 0.3) is 11.4 Å². The molecule has 2 heterocycles. The number of rotatable bonds is 8. The van der Waals surface area contributed by atoms with Crippen molar-refractivity contribution in [2.75, 3.05) is 19.6 Å². The maximum Gasteiger partial charge on any atom is 0.250 e. The Hall–Kier alpha value is -2.81. The Balaban J connectivity index is 1.72. The number of piperazine rings is 1. The van der Waals surface area contributed by atoms with Crippen LogP contribution in [0.5, 0.6) is 5.75 Å². The van der Waals surface area contributed by atoms with Crippen molar-refractivity contribution in [1.29, 1.82) is 0 Å². The molecule has 1 aliphatic rings. The minimum absolute atomic E-state index is 0.102. The summed E-state index contributed by atoms with van der Waals surface area (Å²) in [6.45, 7) is 23.0. The average molecular weight is 519 g/mol. The first-order valence-electron chi connectivity index (χ1n) is 13.2. The van der Waals surface area contributed by atoms with Crippen LogP contribution in [0.3, 0.4) is 0 Å². The predicted molar refractivity (Wildman–Crippen MR) is 153 cm³/mol. The monoisotopic (exact) mass is 518 g/mol. The maximum absolute atomic E-state index is 6.72. The van der Waals surface area contributed by atoms with Crippen molar-refractivity contribution in [1.82, 2.24) is 30.4 Å². The van der Waals surface area contributed by atoms with Gasteiger partial charge in [0.25, 0.3) is 0 Å². The lowest BCUT2D eigenvalue weighted by Crippen LogP contribution is -2.57. The van der Waals surface area contributed by atoms with Crippen LogP contribution >= 0.6 is 0 Å². The minimum atomic E-state index is -1.96. The van der Waals surface area contributed by atoms with Gasteiger partial charge in [-0.3, -0.25) is 9.80 Å². The highest BCUT2D eigenvalue weighted by molar-refractivity contribution is 6.74. The van der Waals surface area contributed by atoms with E-state index in [1.165, 1.54) is 11.1 Å². The number of hydrogen-bond donors (Lipinski definition) is 1. The highest BCUT2D eigenvalue weighted by atomic mass is 28.4. The van der Waals surface area contributed by atoms with E-state index in [2.05, 4.69) is 133 Å². The smallest absolute Gasteiger partial charge is 0.250 e. The molecule has 0 spiro atoms. The number of aromatic nitrogens is 4. The van der Waals surface area contributed by atoms with Crippen LogP contribution < -0.4 is 4.43 Å². The number of H-pyrrole nitrogens is 1. The van der Waals surface area contributed by atoms with Crippen LogP contribution in [0.4, 0.5) is 0 Å². The second-order valence-electron chi connectivity index (χ2n) is 11.8. The fourth-order valence-electron chi connectivity index (χ4n) is 4.87. The van der Waals surface area contributed by atoms with E-state index in [9.17, 15) is 0 Å². The van der Waals surface area contributed by atoms with E-state index in [-0.39, 0.29) is 11.1 Å². The summed E-state index contributed by atoms with van der Waals surface area (Å²) in [4.78, 5) is 5.15. The largest absolute Gasteiger partial charge is 0.543 e. The first-order valence-corrected chi connectivity index (χ1v) is 16.1. The number of benzene rings is 2. The minimum Gasteiger partial charge on any atom is -0.543 e. The summed E-state index contributed by atoms with van der Waals surface area (Å²) < 4.78 is 6.72. The van der Waals surface area contributed by atoms with Crippen molar-refractivity contribution >= 4 is 8.32 Å². The van der Waals surface area contributed by atoms with Gasteiger partial charge < -0.3 is 4.43 Å². The molecular formula is C29H42N6OSi. The molecule has 7 nitrogen and oxygen atoms in total. The first kappa shape index (κ1) is 27.2. The Labute approximate surface area is 223 Å². The molecule has 1 fully saturated rings. The first-order chi connectivity index (χ1) is 17.5. The quantitative estimate of drug-likeness (QED) is 0.295. The molecule has 1 saturated heterocycles. The van der Waals surface area contributed by atoms with Gasteiger partial charge in [0, 0.05) is 37.3 Å². The fraction of sp³-hybridized carbons (Fsp3) is 0.483. The van der Waals surface area contributed by atoms with Gasteiger partial charge in [-0.25, -0.2) is 0 Å². The number of hydrogen-bond acceptors (Lipinski definition) is 6. The third kappa shape index (κ3) is 6.03. The summed E-state index contributed by atoms with van der Waals surface area (Å²) in [6, 6.07) is 18.2. The van der Waals surface area contributed by atoms with Crippen LogP contribution in [-0.4, -0.2) is 70.5 Å². The van der Waals surface area contributed by atoms with E-state index >= 15 is 0 Å². The summed E-state index contributed by atoms with van der Waals surface area (Å²) in [5, 5.41) is 14.7. The van der Waals surface area contributed by atoms with Gasteiger partial charge in [-0.15, -0.1) is 16.8 Å². The summed E-state index contributed by atoms with van der Waals surface area (Å²) in [6.07, 6.45) is 2.01. The zero-order valence-corrected chi connectivity index (χ0v) is 24.4. The Kier molecular flexibility index (Phi) is 8.01. The SMILES string of the molecule is C=CCN1C[C@H](C)N([C@H](c2ccc(-c3nn[nH]n3)cc2)c2cccc(O[Si](C)(C)C(C)(C)C)c2)C[C@H]1C. The molecule has 1 aliphatic heterocycles. The van der Waals surface area contributed by atoms with Gasteiger partial charge in [0.2, 0.25) is 14.1 Å². The van der Waals surface area contributed by atoms with Crippen molar-refractivity contribution in [3.63, 3.8) is 0 Å². The van der Waals surface area contributed by atoms with Gasteiger partial charge in [-0.2, -0.15) is 5.21 Å². The molecular weight excluding hydrogens is 476 g/mol. The van der Waals surface area contributed by atoms with Crippen LogP contribution in [0.15, 0.2) is 61.2 Å². The van der Waals surface area contributed by atoms with Crippen molar-refractivity contribution in [2.45, 2.75) is 70.9 Å². The lowest BCUT2D eigenvalue weighted by Gasteiger charge is -2.47. The van der Waals surface area contributed by atoms with Crippen LogP contribution in [0.2, 0.25) is 18.1 Å². The van der Waals surface area contributed by atoms with Gasteiger partial charge in [0.1, 0.15) is 5.75 Å². The number of nitrogens with one attached hydrogen (secondary N) is 1. The molecule has 1 N–H and O–H groups in total. The van der Waals surface area contributed by atoms with Gasteiger partial charge in [-0.05, 0) is 60.5 Å². The van der Waals surface area contributed by atoms with Crippen molar-refractivity contribution < 1.29 is 4.43 Å². The summed E-state index contributed by atoms with van der Waals surface area (Å²) in [5.41, 5.74) is 3.44. The number of tetrazole rings is 1. The predicted octanol–water partition coefficient (Wildman–Crippen LogP) is 5.92. The normalized spacial score (nSPS) is 20.5. The molecule has 198 valence electrons. The third-order valence-electron chi connectivity index (χ3n) is 8.04. The zero-order valence-electron chi connectivity index (χ0n) is 23.4. The summed E-state index contributed by atoms with van der Waals surface area (Å²) >= 11 is 0. The molecule has 0 amide bonds. The Morgan fingerprint density at radius 2 is 1.81 bits per heavy atom. The maximum atomic E-state index is 6.72. The van der Waals surface area contributed by atoms with Gasteiger partial charge in [0.15, 0.2) is 0 Å². The van der Waals surface area contributed by atoms with E-state index in [1.807, 2.05) is 6.08 Å². The van der Waals surface area contributed by atoms with Crippen molar-refractivity contribution in [3.8, 4) is 17.1 Å². The van der Waals surface area contributed by atoms with E-state index < -0.39 is 8.32 Å². The molecule has 1 aromatic heterocycles. The highest BCUT2D eigenvalue weighted by Gasteiger charge is 2.39. The molecule has 2 aromatic carbocycles. The molecule has 8 heteroatoms. The number of aromatic amines is 1. The zero-order chi connectivity index (χ0) is 26.8. The summed E-state index contributed by atoms with van der Waals surface area (Å²) in [5.74, 6) is 1.57. The molecule has 4 rings (SSSR count). The second-order valence-corrected chi connectivity index (χ2v) is 16.6. The lowest BCUT2D eigenvalue weighted by molar-refractivity contribution is 0.0306. The number of nitrogens with zero attached hydrogens (tertiary/aromatic N) is 5. The second kappa shape index (κ2) is 10.9. The Bertz CT molecular complexity index is 1170. The molecule has 0 aliphatic carbocycles. The Morgan fingerprint density at radius 1 is 1.08 bits per heavy atom. The Morgan fingerprint density at radius 3 is 2.43 bits per heavy atom. The van der Waals surface area contributed by atoms with E-state index in [0.717, 1.165) is 30.9 Å². The van der Waals surface area contributed by atoms with Gasteiger partial charge in [-0.1, -0.05) is 63.2 Å². The standard InChI is InChI=1S/C29H42N6OSi/c1-9-17-34-19-22(3)35(20-21(34)2)27(23-13-15-24(16-14-23)28-30-32-33-31-28)25-11-10-12-26(18-25)36-37(7,8)29(4,5)6/h9-16,18,21-22,27H,1,17,19-20H2,2-8H3,(H,30,31,32,33)/t21-,22+,27-/m1/s1. The average Bonchev–Trinajstić information content (AvgIpc) is 3.37. The van der Waals surface area contributed by atoms with Crippen molar-refractivity contribution in [3.05, 3.63) is 72.3 Å². The lowest BCUT2D eigenvalue weighted by atomic mass is 9.92. The molecule has 37 heavy (non-hydrogen) atoms. The van der Waals surface area contributed by atoms with Crippen molar-refractivity contribution in [2.24, 2.45) is 0 Å². The molecule has 3 atom stereocenters. The fourth-order valence-corrected chi connectivity index (χ4v) is 5.90. The highest BCUT2D eigenvalue weighted by Crippen LogP contribution is 2.39. The molecule has 0 bridgehead atoms. The molecule has 0 unspecified atom stereocenters. The van der Waals surface area contributed by atoms with Crippen LogP contribution in [0.1, 0.15) is 51.8 Å². The van der Waals surface area contributed by atoms with Crippen LogP contribution in [0, 0.1) is 0 Å². The third-order valence-corrected chi connectivity index (χ3v) is 12.4. The van der Waals surface area contributed by atoms with E-state index in [0.29, 0.717) is 17.9 Å². The topological polar surface area (TPSA) is 70.2 Å². The van der Waals surface area contributed by atoms with Gasteiger partial charge >= 0.3 is 0 Å².